The maximum Gasteiger partial charge on any atom is 0.419 e. The molecule has 0 aliphatic heterocycles. The summed E-state index contributed by atoms with van der Waals surface area (Å²) in [6.07, 6.45) is 1.62. The summed E-state index contributed by atoms with van der Waals surface area (Å²) in [6.45, 7) is 0.972. The first-order valence-electron chi connectivity index (χ1n) is 7.13. The van der Waals surface area contributed by atoms with Crippen molar-refractivity contribution in [2.45, 2.75) is 44.3 Å². The van der Waals surface area contributed by atoms with Crippen molar-refractivity contribution in [1.29, 1.82) is 0 Å². The lowest BCUT2D eigenvalue weighted by Gasteiger charge is -2.32. The Morgan fingerprint density at radius 2 is 2.00 bits per heavy atom. The van der Waals surface area contributed by atoms with Gasteiger partial charge in [-0.2, -0.15) is 13.2 Å². The normalized spacial score (nSPS) is 16.4. The Hall–Kier alpha value is -0.820. The lowest BCUT2D eigenvalue weighted by atomic mass is 10.1. The zero-order chi connectivity index (χ0) is 15.5. The number of rotatable bonds is 5. The van der Waals surface area contributed by atoms with Crippen LogP contribution in [0.1, 0.15) is 37.7 Å². The molecule has 1 saturated carbocycles. The molecule has 0 atom stereocenters. The van der Waals surface area contributed by atoms with Crippen molar-refractivity contribution in [3.05, 3.63) is 22.3 Å². The SMILES string of the molecule is NCCCN(c1ncc(Br)cc1C(F)(F)F)C1CCCC1. The molecule has 1 fully saturated rings. The highest BCUT2D eigenvalue weighted by atomic mass is 79.9. The number of anilines is 1. The van der Waals surface area contributed by atoms with Crippen molar-refractivity contribution in [2.75, 3.05) is 18.0 Å². The van der Waals surface area contributed by atoms with E-state index in [1.54, 1.807) is 4.90 Å². The highest BCUT2D eigenvalue weighted by Gasteiger charge is 2.37. The molecule has 0 amide bonds. The number of nitrogens with two attached hydrogens (primary N) is 1. The van der Waals surface area contributed by atoms with E-state index >= 15 is 0 Å². The third-order valence-corrected chi connectivity index (χ3v) is 4.21. The lowest BCUT2D eigenvalue weighted by Crippen LogP contribution is -2.37. The van der Waals surface area contributed by atoms with Crippen molar-refractivity contribution < 1.29 is 13.2 Å². The number of pyridine rings is 1. The molecule has 0 unspecified atom stereocenters. The quantitative estimate of drug-likeness (QED) is 0.858. The molecule has 1 aliphatic rings. The van der Waals surface area contributed by atoms with Gasteiger partial charge in [-0.3, -0.25) is 0 Å². The predicted octanol–water partition coefficient (Wildman–Crippen LogP) is 3.96. The molecule has 21 heavy (non-hydrogen) atoms. The second-order valence-electron chi connectivity index (χ2n) is 5.30. The second kappa shape index (κ2) is 6.96. The summed E-state index contributed by atoms with van der Waals surface area (Å²) < 4.78 is 40.2. The number of aromatic nitrogens is 1. The van der Waals surface area contributed by atoms with E-state index in [9.17, 15) is 13.2 Å². The van der Waals surface area contributed by atoms with E-state index in [1.165, 1.54) is 6.20 Å². The van der Waals surface area contributed by atoms with Crippen LogP contribution in [0, 0.1) is 0 Å². The molecule has 0 saturated heterocycles. The van der Waals surface area contributed by atoms with Crippen LogP contribution in [-0.4, -0.2) is 24.1 Å². The van der Waals surface area contributed by atoms with Crippen molar-refractivity contribution in [3.63, 3.8) is 0 Å². The molecular weight excluding hydrogens is 347 g/mol. The van der Waals surface area contributed by atoms with Crippen LogP contribution in [0.25, 0.3) is 0 Å². The van der Waals surface area contributed by atoms with E-state index in [2.05, 4.69) is 20.9 Å². The number of alkyl halides is 3. The summed E-state index contributed by atoms with van der Waals surface area (Å²) in [7, 11) is 0. The largest absolute Gasteiger partial charge is 0.419 e. The molecule has 1 heterocycles. The third kappa shape index (κ3) is 4.10. The highest BCUT2D eigenvalue weighted by molar-refractivity contribution is 9.10. The van der Waals surface area contributed by atoms with Gasteiger partial charge < -0.3 is 10.6 Å². The minimum absolute atomic E-state index is 0.0334. The molecule has 2 N–H and O–H groups in total. The van der Waals surface area contributed by atoms with Gasteiger partial charge in [0.05, 0.1) is 5.56 Å². The van der Waals surface area contributed by atoms with Gasteiger partial charge in [0.25, 0.3) is 0 Å². The van der Waals surface area contributed by atoms with Crippen LogP contribution in [0.3, 0.4) is 0 Å². The third-order valence-electron chi connectivity index (χ3n) is 3.78. The second-order valence-corrected chi connectivity index (χ2v) is 6.21. The predicted molar refractivity (Wildman–Crippen MR) is 80.2 cm³/mol. The Morgan fingerprint density at radius 1 is 1.33 bits per heavy atom. The molecule has 1 aliphatic carbocycles. The maximum atomic E-state index is 13.3. The minimum atomic E-state index is -4.41. The van der Waals surface area contributed by atoms with Crippen LogP contribution in [0.2, 0.25) is 0 Å². The van der Waals surface area contributed by atoms with Crippen LogP contribution in [0.15, 0.2) is 16.7 Å². The fourth-order valence-electron chi connectivity index (χ4n) is 2.81. The van der Waals surface area contributed by atoms with Crippen molar-refractivity contribution >= 4 is 21.7 Å². The van der Waals surface area contributed by atoms with Crippen LogP contribution in [0.5, 0.6) is 0 Å². The molecule has 1 aromatic heterocycles. The first kappa shape index (κ1) is 16.5. The van der Waals surface area contributed by atoms with Gasteiger partial charge in [-0.05, 0) is 47.8 Å². The lowest BCUT2D eigenvalue weighted by molar-refractivity contribution is -0.137. The first-order chi connectivity index (χ1) is 9.93. The monoisotopic (exact) mass is 365 g/mol. The van der Waals surface area contributed by atoms with E-state index in [0.717, 1.165) is 31.7 Å². The van der Waals surface area contributed by atoms with Gasteiger partial charge in [0.1, 0.15) is 5.82 Å². The van der Waals surface area contributed by atoms with Crippen molar-refractivity contribution in [3.8, 4) is 0 Å². The summed E-state index contributed by atoms with van der Waals surface area (Å²) in [5.41, 5.74) is 4.84. The molecule has 118 valence electrons. The summed E-state index contributed by atoms with van der Waals surface area (Å²) in [5.74, 6) is 0.0334. The van der Waals surface area contributed by atoms with Gasteiger partial charge in [-0.25, -0.2) is 4.98 Å². The average Bonchev–Trinajstić information content (AvgIpc) is 2.93. The molecule has 1 aromatic rings. The fraction of sp³-hybridized carbons (Fsp3) is 0.643. The van der Waals surface area contributed by atoms with Gasteiger partial charge in [0.2, 0.25) is 0 Å². The average molecular weight is 366 g/mol. The number of halogens is 4. The Morgan fingerprint density at radius 3 is 2.57 bits per heavy atom. The van der Waals surface area contributed by atoms with Gasteiger partial charge in [-0.15, -0.1) is 0 Å². The topological polar surface area (TPSA) is 42.1 Å². The molecule has 7 heteroatoms. The number of hydrogen-bond acceptors (Lipinski definition) is 3. The molecule has 0 radical (unpaired) electrons. The first-order valence-corrected chi connectivity index (χ1v) is 7.92. The molecule has 3 nitrogen and oxygen atoms in total. The van der Waals surface area contributed by atoms with Gasteiger partial charge in [-0.1, -0.05) is 12.8 Å². The smallest absolute Gasteiger partial charge is 0.353 e. The van der Waals surface area contributed by atoms with Gasteiger partial charge in [0, 0.05) is 23.3 Å². The van der Waals surface area contributed by atoms with E-state index in [-0.39, 0.29) is 11.9 Å². The molecule has 2 rings (SSSR count). The maximum absolute atomic E-state index is 13.3. The van der Waals surface area contributed by atoms with Crippen LogP contribution >= 0.6 is 15.9 Å². The molecular formula is C14H19BrF3N3. The highest BCUT2D eigenvalue weighted by Crippen LogP contribution is 2.39. The molecule has 0 aromatic carbocycles. The Bertz CT molecular complexity index is 473. The van der Waals surface area contributed by atoms with Gasteiger partial charge in [0.15, 0.2) is 0 Å². The zero-order valence-corrected chi connectivity index (χ0v) is 13.3. The minimum Gasteiger partial charge on any atom is -0.353 e. The Labute approximate surface area is 130 Å². The van der Waals surface area contributed by atoms with Crippen LogP contribution in [0.4, 0.5) is 19.0 Å². The Kier molecular flexibility index (Phi) is 5.48. The summed E-state index contributed by atoms with van der Waals surface area (Å²) in [4.78, 5) is 5.86. The van der Waals surface area contributed by atoms with E-state index in [4.69, 9.17) is 5.73 Å². The summed E-state index contributed by atoms with van der Waals surface area (Å²) in [6, 6.07) is 1.23. The van der Waals surface area contributed by atoms with Crippen molar-refractivity contribution in [2.24, 2.45) is 5.73 Å². The summed E-state index contributed by atoms with van der Waals surface area (Å²) in [5, 5.41) is 0. The van der Waals surface area contributed by atoms with Crippen molar-refractivity contribution in [1.82, 2.24) is 4.98 Å². The van der Waals surface area contributed by atoms with E-state index in [1.807, 2.05) is 0 Å². The summed E-state index contributed by atoms with van der Waals surface area (Å²) >= 11 is 3.07. The number of nitrogens with zero attached hydrogens (tertiary/aromatic N) is 2. The molecule has 0 bridgehead atoms. The van der Waals surface area contributed by atoms with Crippen LogP contribution in [-0.2, 0) is 6.18 Å². The van der Waals surface area contributed by atoms with E-state index < -0.39 is 11.7 Å². The molecule has 0 spiro atoms. The van der Waals surface area contributed by atoms with Gasteiger partial charge >= 0.3 is 6.18 Å². The zero-order valence-electron chi connectivity index (χ0n) is 11.7. The standard InChI is InChI=1S/C14H19BrF3N3/c15-10-8-12(14(16,17)18)13(20-9-10)21(7-3-6-19)11-4-1-2-5-11/h8-9,11H,1-7,19H2. The number of hydrogen-bond donors (Lipinski definition) is 1. The van der Waals surface area contributed by atoms with E-state index in [0.29, 0.717) is 24.0 Å². The Balaban J connectivity index is 2.38. The van der Waals surface area contributed by atoms with Crippen LogP contribution < -0.4 is 10.6 Å². The fourth-order valence-corrected chi connectivity index (χ4v) is 3.14.